The Morgan fingerprint density at radius 3 is 2.83 bits per heavy atom. The number of nitrogens with zero attached hydrogens (tertiary/aromatic N) is 2. The molecule has 1 heterocycles. The Balaban J connectivity index is 1.95. The maximum atomic E-state index is 12.5. The Bertz CT molecular complexity index is 657. The van der Waals surface area contributed by atoms with Crippen LogP contribution >= 0.6 is 11.8 Å². The van der Waals surface area contributed by atoms with E-state index in [0.717, 1.165) is 17.7 Å². The second-order valence-corrected chi connectivity index (χ2v) is 6.90. The molecular weight excluding hydrogens is 322 g/mol. The fourth-order valence-electron chi connectivity index (χ4n) is 2.40. The van der Waals surface area contributed by atoms with E-state index in [0.29, 0.717) is 23.0 Å². The maximum Gasteiger partial charge on any atom is 0.252 e. The monoisotopic (exact) mass is 347 g/mol. The molecule has 0 radical (unpaired) electrons. The summed E-state index contributed by atoms with van der Waals surface area (Å²) < 4.78 is 4.98. The minimum atomic E-state index is -0.0219. The summed E-state index contributed by atoms with van der Waals surface area (Å²) in [5.74, 6) is 1.75. The van der Waals surface area contributed by atoms with Crippen LogP contribution in [-0.2, 0) is 5.75 Å². The van der Waals surface area contributed by atoms with Crippen LogP contribution in [0.2, 0.25) is 0 Å². The molecule has 1 amide bonds. The molecule has 24 heavy (non-hydrogen) atoms. The first kappa shape index (κ1) is 18.5. The van der Waals surface area contributed by atoms with E-state index in [1.807, 2.05) is 24.3 Å². The van der Waals surface area contributed by atoms with Gasteiger partial charge in [0.2, 0.25) is 5.89 Å². The molecule has 2 rings (SSSR count). The zero-order valence-electron chi connectivity index (χ0n) is 14.5. The van der Waals surface area contributed by atoms with Crippen molar-refractivity contribution in [1.82, 2.24) is 15.5 Å². The molecule has 5 nitrogen and oxygen atoms in total. The Kier molecular flexibility index (Phi) is 7.31. The lowest BCUT2D eigenvalue weighted by molar-refractivity contribution is 0.0935. The normalized spacial score (nSPS) is 12.1. The van der Waals surface area contributed by atoms with E-state index in [9.17, 15) is 4.79 Å². The van der Waals surface area contributed by atoms with E-state index in [2.05, 4.69) is 29.3 Å². The average molecular weight is 347 g/mol. The van der Waals surface area contributed by atoms with E-state index in [4.69, 9.17) is 4.52 Å². The van der Waals surface area contributed by atoms with Gasteiger partial charge in [-0.1, -0.05) is 43.5 Å². The highest BCUT2D eigenvalue weighted by Gasteiger charge is 2.14. The molecule has 0 saturated heterocycles. The first-order valence-corrected chi connectivity index (χ1v) is 9.40. The van der Waals surface area contributed by atoms with Crippen molar-refractivity contribution in [3.05, 3.63) is 41.5 Å². The van der Waals surface area contributed by atoms with Crippen LogP contribution in [0.15, 0.2) is 33.7 Å². The van der Waals surface area contributed by atoms with Crippen molar-refractivity contribution in [3.63, 3.8) is 0 Å². The quantitative estimate of drug-likeness (QED) is 0.539. The summed E-state index contributed by atoms with van der Waals surface area (Å²) >= 11 is 1.54. The lowest BCUT2D eigenvalue weighted by Gasteiger charge is -2.15. The van der Waals surface area contributed by atoms with Gasteiger partial charge in [0.05, 0.1) is 11.3 Å². The number of unbranched alkanes of at least 4 members (excludes halogenated alkanes) is 2. The summed E-state index contributed by atoms with van der Waals surface area (Å²) in [5.41, 5.74) is 0.699. The number of aromatic nitrogens is 2. The molecule has 1 aromatic heterocycles. The molecule has 0 spiro atoms. The predicted octanol–water partition coefficient (Wildman–Crippen LogP) is 4.37. The van der Waals surface area contributed by atoms with Crippen LogP contribution in [0.25, 0.3) is 0 Å². The smallest absolute Gasteiger partial charge is 0.252 e. The molecule has 0 saturated carbocycles. The van der Waals surface area contributed by atoms with Crippen LogP contribution in [-0.4, -0.2) is 22.1 Å². The number of benzene rings is 1. The first-order chi connectivity index (χ1) is 11.6. The lowest BCUT2D eigenvalue weighted by Crippen LogP contribution is -2.32. The molecule has 1 N–H and O–H groups in total. The van der Waals surface area contributed by atoms with Crippen LogP contribution in [0.5, 0.6) is 0 Å². The van der Waals surface area contributed by atoms with Crippen molar-refractivity contribution in [3.8, 4) is 0 Å². The molecular formula is C18H25N3O2S. The number of carbonyl (C=O) groups excluding carboxylic acids is 1. The first-order valence-electron chi connectivity index (χ1n) is 8.42. The topological polar surface area (TPSA) is 68.0 Å². The van der Waals surface area contributed by atoms with Crippen LogP contribution in [0, 0.1) is 6.92 Å². The van der Waals surface area contributed by atoms with E-state index < -0.39 is 0 Å². The maximum absolute atomic E-state index is 12.5. The van der Waals surface area contributed by atoms with Gasteiger partial charge in [0, 0.05) is 17.9 Å². The molecule has 0 aliphatic rings. The summed E-state index contributed by atoms with van der Waals surface area (Å²) in [7, 11) is 0. The molecule has 0 fully saturated rings. The Morgan fingerprint density at radius 1 is 1.33 bits per heavy atom. The highest BCUT2D eigenvalue weighted by atomic mass is 32.2. The van der Waals surface area contributed by atoms with Crippen molar-refractivity contribution in [2.45, 2.75) is 63.1 Å². The van der Waals surface area contributed by atoms with Crippen molar-refractivity contribution >= 4 is 17.7 Å². The van der Waals surface area contributed by atoms with E-state index in [1.165, 1.54) is 12.8 Å². The van der Waals surface area contributed by atoms with Crippen LogP contribution < -0.4 is 5.32 Å². The second kappa shape index (κ2) is 9.47. The molecule has 0 aliphatic heterocycles. The third-order valence-corrected chi connectivity index (χ3v) is 4.75. The van der Waals surface area contributed by atoms with Gasteiger partial charge in [-0.05, 0) is 25.5 Å². The Hall–Kier alpha value is -1.82. The third-order valence-electron chi connectivity index (χ3n) is 3.68. The van der Waals surface area contributed by atoms with Gasteiger partial charge in [-0.3, -0.25) is 4.79 Å². The summed E-state index contributed by atoms with van der Waals surface area (Å²) in [4.78, 5) is 17.7. The number of rotatable bonds is 9. The van der Waals surface area contributed by atoms with E-state index in [-0.39, 0.29) is 11.9 Å². The highest BCUT2D eigenvalue weighted by molar-refractivity contribution is 7.98. The third kappa shape index (κ3) is 5.67. The van der Waals surface area contributed by atoms with E-state index >= 15 is 0 Å². The number of thioether (sulfide) groups is 1. The number of amides is 1. The summed E-state index contributed by atoms with van der Waals surface area (Å²) in [5, 5.41) is 6.98. The number of hydrogen-bond acceptors (Lipinski definition) is 5. The van der Waals surface area contributed by atoms with Gasteiger partial charge in [-0.2, -0.15) is 4.98 Å². The molecule has 130 valence electrons. The minimum Gasteiger partial charge on any atom is -0.350 e. The highest BCUT2D eigenvalue weighted by Crippen LogP contribution is 2.25. The van der Waals surface area contributed by atoms with Gasteiger partial charge in [-0.25, -0.2) is 0 Å². The SMILES string of the molecule is CCCCC[C@H](C)NC(=O)c1ccccc1SCc1noc(C)n1. The number of nitrogens with one attached hydrogen (secondary N) is 1. The molecule has 1 atom stereocenters. The van der Waals surface area contributed by atoms with E-state index in [1.54, 1.807) is 18.7 Å². The second-order valence-electron chi connectivity index (χ2n) is 5.88. The van der Waals surface area contributed by atoms with Crippen LogP contribution in [0.3, 0.4) is 0 Å². The molecule has 0 bridgehead atoms. The molecule has 6 heteroatoms. The van der Waals surface area contributed by atoms with Gasteiger partial charge in [0.25, 0.3) is 5.91 Å². The predicted molar refractivity (Wildman–Crippen MR) is 96.1 cm³/mol. The zero-order valence-corrected chi connectivity index (χ0v) is 15.4. The number of hydrogen-bond donors (Lipinski definition) is 1. The summed E-state index contributed by atoms with van der Waals surface area (Å²) in [6.07, 6.45) is 4.55. The molecule has 0 aliphatic carbocycles. The summed E-state index contributed by atoms with van der Waals surface area (Å²) in [6.45, 7) is 6.01. The van der Waals surface area contributed by atoms with Crippen molar-refractivity contribution in [1.29, 1.82) is 0 Å². The standard InChI is InChI=1S/C18H25N3O2S/c1-4-5-6-9-13(2)19-18(22)15-10-7-8-11-16(15)24-12-17-20-14(3)23-21-17/h7-8,10-11,13H,4-6,9,12H2,1-3H3,(H,19,22)/t13-/m0/s1. The van der Waals surface area contributed by atoms with Crippen molar-refractivity contribution < 1.29 is 9.32 Å². The number of carbonyl (C=O) groups is 1. The largest absolute Gasteiger partial charge is 0.350 e. The van der Waals surface area contributed by atoms with Gasteiger partial charge in [0.1, 0.15) is 0 Å². The molecule has 1 aromatic carbocycles. The number of aryl methyl sites for hydroxylation is 1. The fourth-order valence-corrected chi connectivity index (χ4v) is 3.29. The van der Waals surface area contributed by atoms with Crippen molar-refractivity contribution in [2.75, 3.05) is 0 Å². The minimum absolute atomic E-state index is 0.0219. The molecule has 2 aromatic rings. The van der Waals surface area contributed by atoms with Gasteiger partial charge < -0.3 is 9.84 Å². The van der Waals surface area contributed by atoms with Crippen LogP contribution in [0.4, 0.5) is 0 Å². The zero-order chi connectivity index (χ0) is 17.4. The van der Waals surface area contributed by atoms with Gasteiger partial charge in [-0.15, -0.1) is 11.8 Å². The Labute approximate surface area is 147 Å². The molecule has 0 unspecified atom stereocenters. The van der Waals surface area contributed by atoms with Gasteiger partial charge in [0.15, 0.2) is 5.82 Å². The Morgan fingerprint density at radius 2 is 2.12 bits per heavy atom. The summed E-state index contributed by atoms with van der Waals surface area (Å²) in [6, 6.07) is 7.82. The van der Waals surface area contributed by atoms with Crippen LogP contribution in [0.1, 0.15) is 61.6 Å². The lowest BCUT2D eigenvalue weighted by atomic mass is 10.1. The fraction of sp³-hybridized carbons (Fsp3) is 0.500. The van der Waals surface area contributed by atoms with Crippen molar-refractivity contribution in [2.24, 2.45) is 0 Å². The average Bonchev–Trinajstić information content (AvgIpc) is 2.99. The van der Waals surface area contributed by atoms with Gasteiger partial charge >= 0.3 is 0 Å².